The smallest absolute Gasteiger partial charge is 0.220 e. The molecular weight excluding hydrogens is 166 g/mol. The standard InChI is InChI=1S/C10H19NO2/c1-8(2)7-11-10(12)6-5-9(3)13-4/h9H,1,5-7H2,2-4H3,(H,11,12). The van der Waals surface area contributed by atoms with Gasteiger partial charge < -0.3 is 10.1 Å². The van der Waals surface area contributed by atoms with Crippen LogP contribution in [0.4, 0.5) is 0 Å². The molecule has 0 rings (SSSR count). The quantitative estimate of drug-likeness (QED) is 0.637. The minimum atomic E-state index is 0.0619. The Labute approximate surface area is 80.2 Å². The number of ether oxygens (including phenoxy) is 1. The van der Waals surface area contributed by atoms with Gasteiger partial charge in [-0.15, -0.1) is 0 Å². The summed E-state index contributed by atoms with van der Waals surface area (Å²) in [4.78, 5) is 11.2. The maximum atomic E-state index is 11.2. The van der Waals surface area contributed by atoms with E-state index in [0.717, 1.165) is 12.0 Å². The average Bonchev–Trinajstić information content (AvgIpc) is 2.10. The summed E-state index contributed by atoms with van der Waals surface area (Å²) < 4.78 is 5.03. The van der Waals surface area contributed by atoms with E-state index in [2.05, 4.69) is 11.9 Å². The van der Waals surface area contributed by atoms with Crippen molar-refractivity contribution >= 4 is 5.91 Å². The number of hydrogen-bond donors (Lipinski definition) is 1. The first-order valence-corrected chi connectivity index (χ1v) is 4.50. The maximum Gasteiger partial charge on any atom is 0.220 e. The molecule has 0 aliphatic carbocycles. The third-order valence-corrected chi connectivity index (χ3v) is 1.77. The van der Waals surface area contributed by atoms with Crippen LogP contribution >= 0.6 is 0 Å². The highest BCUT2D eigenvalue weighted by molar-refractivity contribution is 5.76. The van der Waals surface area contributed by atoms with Crippen molar-refractivity contribution in [3.05, 3.63) is 12.2 Å². The van der Waals surface area contributed by atoms with Crippen LogP contribution in [-0.4, -0.2) is 25.7 Å². The van der Waals surface area contributed by atoms with Crippen molar-refractivity contribution in [1.29, 1.82) is 0 Å². The summed E-state index contributed by atoms with van der Waals surface area (Å²) in [5, 5.41) is 2.77. The first-order chi connectivity index (χ1) is 6.06. The fraction of sp³-hybridized carbons (Fsp3) is 0.700. The monoisotopic (exact) mass is 185 g/mol. The van der Waals surface area contributed by atoms with Crippen LogP contribution in [0, 0.1) is 0 Å². The van der Waals surface area contributed by atoms with Crippen LogP contribution in [0.5, 0.6) is 0 Å². The fourth-order valence-corrected chi connectivity index (χ4v) is 0.790. The van der Waals surface area contributed by atoms with Gasteiger partial charge in [0.1, 0.15) is 0 Å². The third-order valence-electron chi connectivity index (χ3n) is 1.77. The van der Waals surface area contributed by atoms with Crippen LogP contribution in [0.25, 0.3) is 0 Å². The highest BCUT2D eigenvalue weighted by Gasteiger charge is 2.04. The number of methoxy groups -OCH3 is 1. The molecule has 0 heterocycles. The Hall–Kier alpha value is -0.830. The molecule has 13 heavy (non-hydrogen) atoms. The molecule has 0 saturated carbocycles. The Morgan fingerprint density at radius 3 is 2.69 bits per heavy atom. The summed E-state index contributed by atoms with van der Waals surface area (Å²) in [6.07, 6.45) is 1.43. The van der Waals surface area contributed by atoms with Crippen LogP contribution in [-0.2, 0) is 9.53 Å². The second kappa shape index (κ2) is 6.66. The molecular formula is C10H19NO2. The van der Waals surface area contributed by atoms with Gasteiger partial charge in [-0.25, -0.2) is 0 Å². The van der Waals surface area contributed by atoms with Gasteiger partial charge >= 0.3 is 0 Å². The summed E-state index contributed by atoms with van der Waals surface area (Å²) in [6.45, 7) is 8.11. The Balaban J connectivity index is 3.46. The first kappa shape index (κ1) is 12.2. The zero-order valence-corrected chi connectivity index (χ0v) is 8.72. The predicted molar refractivity (Wildman–Crippen MR) is 53.5 cm³/mol. The minimum absolute atomic E-state index is 0.0619. The van der Waals surface area contributed by atoms with Crippen molar-refractivity contribution in [2.75, 3.05) is 13.7 Å². The highest BCUT2D eigenvalue weighted by atomic mass is 16.5. The second-order valence-corrected chi connectivity index (χ2v) is 3.32. The van der Waals surface area contributed by atoms with Gasteiger partial charge in [0.05, 0.1) is 6.10 Å². The van der Waals surface area contributed by atoms with E-state index >= 15 is 0 Å². The number of nitrogens with one attached hydrogen (secondary N) is 1. The molecule has 3 heteroatoms. The molecule has 0 bridgehead atoms. The zero-order chi connectivity index (χ0) is 10.3. The van der Waals surface area contributed by atoms with Gasteiger partial charge in [-0.3, -0.25) is 4.79 Å². The number of carbonyl (C=O) groups excluding carboxylic acids is 1. The summed E-state index contributed by atoms with van der Waals surface area (Å²) in [5.41, 5.74) is 0.966. The Morgan fingerprint density at radius 1 is 1.62 bits per heavy atom. The number of amides is 1. The molecule has 0 spiro atoms. The van der Waals surface area contributed by atoms with Crippen molar-refractivity contribution < 1.29 is 9.53 Å². The largest absolute Gasteiger partial charge is 0.382 e. The van der Waals surface area contributed by atoms with E-state index in [9.17, 15) is 4.79 Å². The fourth-order valence-electron chi connectivity index (χ4n) is 0.790. The lowest BCUT2D eigenvalue weighted by Crippen LogP contribution is -2.25. The molecule has 1 atom stereocenters. The van der Waals surface area contributed by atoms with Crippen LogP contribution in [0.1, 0.15) is 26.7 Å². The topological polar surface area (TPSA) is 38.3 Å². The molecule has 1 amide bonds. The van der Waals surface area contributed by atoms with Crippen LogP contribution in [0.2, 0.25) is 0 Å². The molecule has 0 aromatic heterocycles. The molecule has 1 N–H and O–H groups in total. The third kappa shape index (κ3) is 7.53. The second-order valence-electron chi connectivity index (χ2n) is 3.32. The van der Waals surface area contributed by atoms with Gasteiger partial charge in [-0.1, -0.05) is 12.2 Å². The van der Waals surface area contributed by atoms with Crippen molar-refractivity contribution in [1.82, 2.24) is 5.32 Å². The van der Waals surface area contributed by atoms with Gasteiger partial charge in [0, 0.05) is 20.1 Å². The number of carbonyl (C=O) groups is 1. The van der Waals surface area contributed by atoms with E-state index < -0.39 is 0 Å². The Morgan fingerprint density at radius 2 is 2.23 bits per heavy atom. The lowest BCUT2D eigenvalue weighted by atomic mass is 10.2. The Bertz CT molecular complexity index is 178. The summed E-state index contributed by atoms with van der Waals surface area (Å²) in [6, 6.07) is 0. The summed E-state index contributed by atoms with van der Waals surface area (Å²) in [7, 11) is 1.65. The van der Waals surface area contributed by atoms with E-state index in [-0.39, 0.29) is 12.0 Å². The van der Waals surface area contributed by atoms with Gasteiger partial charge in [0.15, 0.2) is 0 Å². The zero-order valence-electron chi connectivity index (χ0n) is 8.72. The summed E-state index contributed by atoms with van der Waals surface area (Å²) in [5.74, 6) is 0.0619. The lowest BCUT2D eigenvalue weighted by Gasteiger charge is -2.09. The van der Waals surface area contributed by atoms with Crippen LogP contribution < -0.4 is 5.32 Å². The summed E-state index contributed by atoms with van der Waals surface area (Å²) >= 11 is 0. The first-order valence-electron chi connectivity index (χ1n) is 4.50. The lowest BCUT2D eigenvalue weighted by molar-refractivity contribution is -0.121. The molecule has 0 saturated heterocycles. The molecule has 3 nitrogen and oxygen atoms in total. The maximum absolute atomic E-state index is 11.2. The van der Waals surface area contributed by atoms with E-state index in [0.29, 0.717) is 13.0 Å². The molecule has 0 aromatic carbocycles. The SMILES string of the molecule is C=C(C)CNC(=O)CCC(C)OC. The normalized spacial score (nSPS) is 12.2. The van der Waals surface area contributed by atoms with Crippen LogP contribution in [0.3, 0.4) is 0 Å². The van der Waals surface area contributed by atoms with E-state index in [4.69, 9.17) is 4.74 Å². The average molecular weight is 185 g/mol. The minimum Gasteiger partial charge on any atom is -0.382 e. The molecule has 0 aromatic rings. The van der Waals surface area contributed by atoms with Crippen molar-refractivity contribution in [3.8, 4) is 0 Å². The molecule has 1 unspecified atom stereocenters. The highest BCUT2D eigenvalue weighted by Crippen LogP contribution is 1.99. The van der Waals surface area contributed by atoms with Crippen molar-refractivity contribution in [2.24, 2.45) is 0 Å². The van der Waals surface area contributed by atoms with Gasteiger partial charge in [0.25, 0.3) is 0 Å². The number of hydrogen-bond acceptors (Lipinski definition) is 2. The molecule has 0 fully saturated rings. The Kier molecular flexibility index (Phi) is 6.24. The number of rotatable bonds is 6. The van der Waals surface area contributed by atoms with Gasteiger partial charge in [0.2, 0.25) is 5.91 Å². The van der Waals surface area contributed by atoms with E-state index in [1.165, 1.54) is 0 Å². The van der Waals surface area contributed by atoms with Gasteiger partial charge in [-0.2, -0.15) is 0 Å². The molecule has 0 radical (unpaired) electrons. The van der Waals surface area contributed by atoms with Gasteiger partial charge in [-0.05, 0) is 20.3 Å². The molecule has 0 aliphatic heterocycles. The molecule has 0 aliphatic rings. The van der Waals surface area contributed by atoms with E-state index in [1.807, 2.05) is 13.8 Å². The van der Waals surface area contributed by atoms with Crippen LogP contribution in [0.15, 0.2) is 12.2 Å². The van der Waals surface area contributed by atoms with Crippen molar-refractivity contribution in [2.45, 2.75) is 32.8 Å². The van der Waals surface area contributed by atoms with E-state index in [1.54, 1.807) is 7.11 Å². The predicted octanol–water partition coefficient (Wildman–Crippen LogP) is 1.49. The van der Waals surface area contributed by atoms with Crippen molar-refractivity contribution in [3.63, 3.8) is 0 Å². The molecule has 76 valence electrons.